The maximum atomic E-state index is 13.4. The summed E-state index contributed by atoms with van der Waals surface area (Å²) in [5.74, 6) is -5.38. The lowest BCUT2D eigenvalue weighted by Gasteiger charge is -2.09. The minimum absolute atomic E-state index is 0.00649. The Morgan fingerprint density at radius 3 is 2.47 bits per heavy atom. The minimum atomic E-state index is -1.58. The first-order valence-corrected chi connectivity index (χ1v) is 5.23. The lowest BCUT2D eigenvalue weighted by atomic mass is 10.2. The van der Waals surface area contributed by atoms with Crippen molar-refractivity contribution in [2.75, 3.05) is 5.32 Å². The zero-order chi connectivity index (χ0) is 14.0. The Bertz CT molecular complexity index is 644. The number of hydrogen-bond acceptors (Lipinski definition) is 2. The number of hydrogen-bond donors (Lipinski definition) is 2. The van der Waals surface area contributed by atoms with Crippen molar-refractivity contribution in [1.29, 1.82) is 0 Å². The molecule has 0 aliphatic heterocycles. The van der Waals surface area contributed by atoms with Crippen molar-refractivity contribution < 1.29 is 23.1 Å². The summed E-state index contributed by atoms with van der Waals surface area (Å²) < 4.78 is 39.2. The molecule has 3 nitrogen and oxygen atoms in total. The minimum Gasteiger partial charge on any atom is -0.478 e. The summed E-state index contributed by atoms with van der Waals surface area (Å²) >= 11 is 0. The van der Waals surface area contributed by atoms with Crippen LogP contribution in [0.15, 0.2) is 36.4 Å². The summed E-state index contributed by atoms with van der Waals surface area (Å²) in [4.78, 5) is 10.8. The molecule has 0 unspecified atom stereocenters. The molecule has 0 amide bonds. The van der Waals surface area contributed by atoms with E-state index in [1.54, 1.807) is 0 Å². The molecule has 2 rings (SSSR count). The van der Waals surface area contributed by atoms with E-state index in [9.17, 15) is 18.0 Å². The van der Waals surface area contributed by atoms with E-state index in [0.717, 1.165) is 12.1 Å². The van der Waals surface area contributed by atoms with Crippen molar-refractivity contribution in [2.24, 2.45) is 0 Å². The largest absolute Gasteiger partial charge is 0.478 e. The maximum absolute atomic E-state index is 13.4. The lowest BCUT2D eigenvalue weighted by molar-refractivity contribution is 0.0697. The van der Waals surface area contributed by atoms with Gasteiger partial charge in [0.25, 0.3) is 0 Å². The number of halogens is 3. The summed E-state index contributed by atoms with van der Waals surface area (Å²) in [6.45, 7) is 0. The third kappa shape index (κ3) is 2.67. The third-order valence-electron chi connectivity index (χ3n) is 2.42. The number of carboxylic acids is 1. The zero-order valence-corrected chi connectivity index (χ0v) is 9.45. The average molecular weight is 267 g/mol. The highest BCUT2D eigenvalue weighted by atomic mass is 19.2. The molecule has 6 heteroatoms. The summed E-state index contributed by atoms with van der Waals surface area (Å²) in [6, 6.07) is 7.35. The fourth-order valence-electron chi connectivity index (χ4n) is 1.51. The molecule has 0 spiro atoms. The second kappa shape index (κ2) is 5.01. The molecule has 0 saturated heterocycles. The molecule has 0 aliphatic carbocycles. The fourth-order valence-corrected chi connectivity index (χ4v) is 1.51. The second-order valence-corrected chi connectivity index (χ2v) is 3.73. The molecule has 0 saturated carbocycles. The van der Waals surface area contributed by atoms with Crippen molar-refractivity contribution in [2.45, 2.75) is 0 Å². The average Bonchev–Trinajstić information content (AvgIpc) is 2.40. The Kier molecular flexibility index (Phi) is 3.41. The fraction of sp³-hybridized carbons (Fsp3) is 0. The quantitative estimate of drug-likeness (QED) is 0.836. The van der Waals surface area contributed by atoms with Gasteiger partial charge in [0.05, 0.1) is 11.3 Å². The Morgan fingerprint density at radius 1 is 1.05 bits per heavy atom. The molecule has 19 heavy (non-hydrogen) atoms. The molecule has 2 aromatic carbocycles. The van der Waals surface area contributed by atoms with Crippen molar-refractivity contribution in [3.8, 4) is 0 Å². The third-order valence-corrected chi connectivity index (χ3v) is 2.42. The van der Waals surface area contributed by atoms with Crippen molar-refractivity contribution in [3.05, 3.63) is 59.4 Å². The van der Waals surface area contributed by atoms with Crippen LogP contribution in [0.1, 0.15) is 10.4 Å². The van der Waals surface area contributed by atoms with E-state index in [1.165, 1.54) is 24.3 Å². The van der Waals surface area contributed by atoms with Gasteiger partial charge in [-0.2, -0.15) is 0 Å². The highest BCUT2D eigenvalue weighted by Crippen LogP contribution is 2.24. The first-order valence-electron chi connectivity index (χ1n) is 5.23. The molecular weight excluding hydrogens is 259 g/mol. The number of aromatic carboxylic acids is 1. The molecule has 0 atom stereocenters. The predicted octanol–water partition coefficient (Wildman–Crippen LogP) is 3.55. The lowest BCUT2D eigenvalue weighted by Crippen LogP contribution is -2.01. The van der Waals surface area contributed by atoms with Gasteiger partial charge in [-0.3, -0.25) is 0 Å². The number of anilines is 2. The van der Waals surface area contributed by atoms with Gasteiger partial charge in [-0.1, -0.05) is 6.07 Å². The van der Waals surface area contributed by atoms with E-state index in [4.69, 9.17) is 5.11 Å². The number of carboxylic acid groups (broad SMARTS) is 1. The van der Waals surface area contributed by atoms with Crippen molar-refractivity contribution in [1.82, 2.24) is 0 Å². The van der Waals surface area contributed by atoms with E-state index in [0.29, 0.717) is 0 Å². The molecule has 0 aliphatic rings. The number of nitrogens with one attached hydrogen (secondary N) is 1. The normalized spacial score (nSPS) is 10.3. The van der Waals surface area contributed by atoms with Crippen molar-refractivity contribution >= 4 is 17.3 Å². The van der Waals surface area contributed by atoms with Crippen molar-refractivity contribution in [3.63, 3.8) is 0 Å². The Balaban J connectivity index is 2.34. The molecule has 0 aromatic heterocycles. The molecule has 0 heterocycles. The standard InChI is InChI=1S/C13H8F3NO2/c14-9-4-5-10(12(16)11(9)15)17-8-3-1-2-7(6-8)13(18)19/h1-6,17H,(H,18,19). The molecule has 0 bridgehead atoms. The topological polar surface area (TPSA) is 49.3 Å². The van der Waals surface area contributed by atoms with Crippen LogP contribution in [0.5, 0.6) is 0 Å². The Morgan fingerprint density at radius 2 is 1.79 bits per heavy atom. The second-order valence-electron chi connectivity index (χ2n) is 3.73. The van der Waals surface area contributed by atoms with E-state index in [1.807, 2.05) is 0 Å². The van der Waals surface area contributed by atoms with Gasteiger partial charge >= 0.3 is 5.97 Å². The van der Waals surface area contributed by atoms with Gasteiger partial charge in [0.1, 0.15) is 0 Å². The Hall–Kier alpha value is -2.50. The maximum Gasteiger partial charge on any atom is 0.335 e. The van der Waals surface area contributed by atoms with Crippen LogP contribution < -0.4 is 5.32 Å². The number of rotatable bonds is 3. The van der Waals surface area contributed by atoms with Gasteiger partial charge in [-0.05, 0) is 30.3 Å². The van der Waals surface area contributed by atoms with Gasteiger partial charge in [-0.25, -0.2) is 18.0 Å². The number of carbonyl (C=O) groups is 1. The zero-order valence-electron chi connectivity index (χ0n) is 9.45. The van der Waals surface area contributed by atoms with E-state index in [2.05, 4.69) is 5.32 Å². The summed E-state index contributed by atoms with van der Waals surface area (Å²) in [6.07, 6.45) is 0. The molecule has 2 N–H and O–H groups in total. The van der Waals surface area contributed by atoms with Crippen LogP contribution in [-0.4, -0.2) is 11.1 Å². The Labute approximate surface area is 106 Å². The summed E-state index contributed by atoms with van der Waals surface area (Å²) in [7, 11) is 0. The van der Waals surface area contributed by atoms with Crippen LogP contribution in [0.25, 0.3) is 0 Å². The van der Waals surface area contributed by atoms with Crippen LogP contribution in [0, 0.1) is 17.5 Å². The highest BCUT2D eigenvalue weighted by molar-refractivity contribution is 5.89. The van der Waals surface area contributed by atoms with E-state index < -0.39 is 23.4 Å². The first-order chi connectivity index (χ1) is 8.99. The van der Waals surface area contributed by atoms with Gasteiger partial charge in [0.2, 0.25) is 0 Å². The molecule has 98 valence electrons. The highest BCUT2D eigenvalue weighted by Gasteiger charge is 2.13. The first kappa shape index (κ1) is 12.9. The molecule has 0 fully saturated rings. The van der Waals surface area contributed by atoms with Crippen LogP contribution in [0.3, 0.4) is 0 Å². The summed E-state index contributed by atoms with van der Waals surface area (Å²) in [5, 5.41) is 11.3. The van der Waals surface area contributed by atoms with Gasteiger partial charge < -0.3 is 10.4 Å². The van der Waals surface area contributed by atoms with E-state index in [-0.39, 0.29) is 16.9 Å². The van der Waals surface area contributed by atoms with Crippen LogP contribution in [0.2, 0.25) is 0 Å². The van der Waals surface area contributed by atoms with Gasteiger partial charge in [-0.15, -0.1) is 0 Å². The smallest absolute Gasteiger partial charge is 0.335 e. The van der Waals surface area contributed by atoms with Gasteiger partial charge in [0.15, 0.2) is 17.5 Å². The molecule has 2 aromatic rings. The van der Waals surface area contributed by atoms with Crippen LogP contribution in [-0.2, 0) is 0 Å². The predicted molar refractivity (Wildman–Crippen MR) is 63.0 cm³/mol. The summed E-state index contributed by atoms with van der Waals surface area (Å²) in [5.41, 5.74) is -0.0285. The SMILES string of the molecule is O=C(O)c1cccc(Nc2ccc(F)c(F)c2F)c1. The van der Waals surface area contributed by atoms with Crippen LogP contribution in [0.4, 0.5) is 24.5 Å². The molecular formula is C13H8F3NO2. The molecule has 0 radical (unpaired) electrons. The monoisotopic (exact) mass is 267 g/mol. The van der Waals surface area contributed by atoms with Gasteiger partial charge in [0, 0.05) is 5.69 Å². The number of benzene rings is 2. The van der Waals surface area contributed by atoms with Crippen LogP contribution >= 0.6 is 0 Å². The van der Waals surface area contributed by atoms with E-state index >= 15 is 0 Å².